The first-order valence-corrected chi connectivity index (χ1v) is 3.27. The molecule has 3 heteroatoms. The van der Waals surface area contributed by atoms with Crippen molar-refractivity contribution in [3.63, 3.8) is 0 Å². The third-order valence-corrected chi connectivity index (χ3v) is 1.94. The van der Waals surface area contributed by atoms with E-state index in [2.05, 4.69) is 20.9 Å². The first kappa shape index (κ1) is 6.68. The van der Waals surface area contributed by atoms with Crippen molar-refractivity contribution in [2.24, 2.45) is 0 Å². The molecule has 1 rings (SSSR count). The first-order chi connectivity index (χ1) is 4.22. The standard InChI is InChI=1S/C6H5BrFN/c1-4-5(7)2-3-9-6(4)8/h2-3H,1H3. The van der Waals surface area contributed by atoms with E-state index in [1.54, 1.807) is 13.0 Å². The number of nitrogens with zero attached hydrogens (tertiary/aromatic N) is 1. The minimum absolute atomic E-state index is 0.413. The molecule has 48 valence electrons. The Hall–Kier alpha value is -0.440. The van der Waals surface area contributed by atoms with Crippen molar-refractivity contribution >= 4 is 15.9 Å². The normalized spacial score (nSPS) is 9.67. The van der Waals surface area contributed by atoms with E-state index in [1.807, 2.05) is 0 Å². The Labute approximate surface area is 61.0 Å². The molecule has 1 aromatic rings. The highest BCUT2D eigenvalue weighted by molar-refractivity contribution is 9.10. The molecule has 0 atom stereocenters. The minimum atomic E-state index is -0.413. The second-order valence-corrected chi connectivity index (χ2v) is 2.56. The van der Waals surface area contributed by atoms with Crippen LogP contribution in [-0.4, -0.2) is 4.98 Å². The van der Waals surface area contributed by atoms with Gasteiger partial charge in [0, 0.05) is 16.2 Å². The summed E-state index contributed by atoms with van der Waals surface area (Å²) in [6.07, 6.45) is 1.42. The molecule has 1 aromatic heterocycles. The molecular weight excluding hydrogens is 185 g/mol. The molecule has 0 spiro atoms. The van der Waals surface area contributed by atoms with E-state index in [0.717, 1.165) is 4.47 Å². The molecule has 0 aliphatic heterocycles. The van der Waals surface area contributed by atoms with Crippen molar-refractivity contribution in [2.75, 3.05) is 0 Å². The van der Waals surface area contributed by atoms with Crippen LogP contribution < -0.4 is 0 Å². The molecule has 0 aliphatic carbocycles. The predicted molar refractivity (Wildman–Crippen MR) is 36.6 cm³/mol. The summed E-state index contributed by atoms with van der Waals surface area (Å²) in [5.41, 5.74) is 0.553. The Morgan fingerprint density at radius 1 is 1.67 bits per heavy atom. The van der Waals surface area contributed by atoms with Gasteiger partial charge in [-0.1, -0.05) is 15.9 Å². The molecule has 0 aliphatic rings. The molecule has 0 amide bonds. The van der Waals surface area contributed by atoms with Crippen molar-refractivity contribution in [1.82, 2.24) is 4.98 Å². The third kappa shape index (κ3) is 1.27. The molecule has 1 nitrogen and oxygen atoms in total. The summed E-state index contributed by atoms with van der Waals surface area (Å²) >= 11 is 3.17. The quantitative estimate of drug-likeness (QED) is 0.572. The van der Waals surface area contributed by atoms with Crippen LogP contribution in [0.5, 0.6) is 0 Å². The zero-order valence-corrected chi connectivity index (χ0v) is 6.44. The van der Waals surface area contributed by atoms with Crippen molar-refractivity contribution in [1.29, 1.82) is 0 Å². The molecule has 0 saturated heterocycles. The van der Waals surface area contributed by atoms with Crippen LogP contribution in [0.1, 0.15) is 5.56 Å². The van der Waals surface area contributed by atoms with Crippen LogP contribution in [0.25, 0.3) is 0 Å². The molecule has 0 unspecified atom stereocenters. The first-order valence-electron chi connectivity index (χ1n) is 2.48. The molecular formula is C6H5BrFN. The van der Waals surface area contributed by atoms with Gasteiger partial charge in [0.05, 0.1) is 0 Å². The fourth-order valence-electron chi connectivity index (χ4n) is 0.489. The average molecular weight is 190 g/mol. The number of hydrogen-bond acceptors (Lipinski definition) is 1. The van der Waals surface area contributed by atoms with Gasteiger partial charge in [-0.25, -0.2) is 4.98 Å². The van der Waals surface area contributed by atoms with E-state index in [-0.39, 0.29) is 0 Å². The topological polar surface area (TPSA) is 12.9 Å². The summed E-state index contributed by atoms with van der Waals surface area (Å²) in [5.74, 6) is -0.413. The highest BCUT2D eigenvalue weighted by Gasteiger charge is 1.99. The Morgan fingerprint density at radius 2 is 2.33 bits per heavy atom. The van der Waals surface area contributed by atoms with Crippen LogP contribution in [-0.2, 0) is 0 Å². The van der Waals surface area contributed by atoms with E-state index in [1.165, 1.54) is 6.20 Å². The van der Waals surface area contributed by atoms with Crippen molar-refractivity contribution in [3.05, 3.63) is 28.2 Å². The van der Waals surface area contributed by atoms with Gasteiger partial charge in [0.1, 0.15) is 0 Å². The molecule has 0 N–H and O–H groups in total. The fraction of sp³-hybridized carbons (Fsp3) is 0.167. The van der Waals surface area contributed by atoms with E-state index in [9.17, 15) is 4.39 Å². The number of hydrogen-bond donors (Lipinski definition) is 0. The van der Waals surface area contributed by atoms with Gasteiger partial charge in [0.15, 0.2) is 0 Å². The summed E-state index contributed by atoms with van der Waals surface area (Å²) in [6.45, 7) is 1.67. The zero-order chi connectivity index (χ0) is 6.85. The van der Waals surface area contributed by atoms with Crippen LogP contribution in [0.4, 0.5) is 4.39 Å². The fourth-order valence-corrected chi connectivity index (χ4v) is 0.770. The number of halogens is 2. The van der Waals surface area contributed by atoms with Gasteiger partial charge in [-0.15, -0.1) is 0 Å². The molecule has 9 heavy (non-hydrogen) atoms. The summed E-state index contributed by atoms with van der Waals surface area (Å²) in [4.78, 5) is 3.44. The Bertz CT molecular complexity index is 204. The van der Waals surface area contributed by atoms with Crippen molar-refractivity contribution in [2.45, 2.75) is 6.92 Å². The monoisotopic (exact) mass is 189 g/mol. The van der Waals surface area contributed by atoms with Crippen LogP contribution in [0.2, 0.25) is 0 Å². The van der Waals surface area contributed by atoms with Gasteiger partial charge in [0.25, 0.3) is 0 Å². The lowest BCUT2D eigenvalue weighted by Gasteiger charge is -1.94. The highest BCUT2D eigenvalue weighted by Crippen LogP contribution is 2.15. The van der Waals surface area contributed by atoms with E-state index in [4.69, 9.17) is 0 Å². The number of aromatic nitrogens is 1. The second-order valence-electron chi connectivity index (χ2n) is 1.71. The minimum Gasteiger partial charge on any atom is -0.228 e. The van der Waals surface area contributed by atoms with Crippen LogP contribution in [0.3, 0.4) is 0 Å². The van der Waals surface area contributed by atoms with Gasteiger partial charge >= 0.3 is 0 Å². The van der Waals surface area contributed by atoms with Gasteiger partial charge < -0.3 is 0 Å². The number of rotatable bonds is 0. The van der Waals surface area contributed by atoms with Gasteiger partial charge in [-0.3, -0.25) is 0 Å². The third-order valence-electron chi connectivity index (χ3n) is 1.08. The maximum absolute atomic E-state index is 12.4. The lowest BCUT2D eigenvalue weighted by molar-refractivity contribution is 0.573. The molecule has 0 fully saturated rings. The maximum atomic E-state index is 12.4. The SMILES string of the molecule is Cc1c(Br)ccnc1F. The maximum Gasteiger partial charge on any atom is 0.216 e. The Morgan fingerprint density at radius 3 is 2.78 bits per heavy atom. The van der Waals surface area contributed by atoms with E-state index >= 15 is 0 Å². The lowest BCUT2D eigenvalue weighted by Crippen LogP contribution is -1.86. The zero-order valence-electron chi connectivity index (χ0n) is 4.86. The summed E-state index contributed by atoms with van der Waals surface area (Å²) in [5, 5.41) is 0. The Kier molecular flexibility index (Phi) is 1.81. The van der Waals surface area contributed by atoms with E-state index < -0.39 is 5.95 Å². The Balaban J connectivity index is 3.25. The summed E-state index contributed by atoms with van der Waals surface area (Å²) < 4.78 is 13.2. The van der Waals surface area contributed by atoms with Gasteiger partial charge in [-0.05, 0) is 13.0 Å². The largest absolute Gasteiger partial charge is 0.228 e. The van der Waals surface area contributed by atoms with Crippen LogP contribution >= 0.6 is 15.9 Å². The molecule has 0 aromatic carbocycles. The second kappa shape index (κ2) is 2.43. The predicted octanol–water partition coefficient (Wildman–Crippen LogP) is 2.29. The molecule has 0 bridgehead atoms. The van der Waals surface area contributed by atoms with Crippen molar-refractivity contribution < 1.29 is 4.39 Å². The molecule has 1 heterocycles. The average Bonchev–Trinajstić information content (AvgIpc) is 1.83. The molecule has 0 saturated carbocycles. The van der Waals surface area contributed by atoms with Crippen LogP contribution in [0, 0.1) is 12.9 Å². The van der Waals surface area contributed by atoms with Gasteiger partial charge in [0.2, 0.25) is 5.95 Å². The van der Waals surface area contributed by atoms with E-state index in [0.29, 0.717) is 5.56 Å². The lowest BCUT2D eigenvalue weighted by atomic mass is 10.3. The summed E-state index contributed by atoms with van der Waals surface area (Å²) in [6, 6.07) is 1.71. The summed E-state index contributed by atoms with van der Waals surface area (Å²) in [7, 11) is 0. The van der Waals surface area contributed by atoms with Crippen LogP contribution in [0.15, 0.2) is 16.7 Å². The van der Waals surface area contributed by atoms with Crippen molar-refractivity contribution in [3.8, 4) is 0 Å². The highest BCUT2D eigenvalue weighted by atomic mass is 79.9. The molecule has 0 radical (unpaired) electrons. The smallest absolute Gasteiger partial charge is 0.216 e. The number of pyridine rings is 1. The van der Waals surface area contributed by atoms with Gasteiger partial charge in [-0.2, -0.15) is 4.39 Å².